The highest BCUT2D eigenvalue weighted by atomic mass is 35.5. The summed E-state index contributed by atoms with van der Waals surface area (Å²) in [5, 5.41) is 2.40. The third kappa shape index (κ3) is 3.55. The van der Waals surface area contributed by atoms with E-state index in [0.717, 1.165) is 40.0 Å². The summed E-state index contributed by atoms with van der Waals surface area (Å²) < 4.78 is 0. The van der Waals surface area contributed by atoms with Gasteiger partial charge in [0, 0.05) is 41.7 Å². The lowest BCUT2D eigenvalue weighted by molar-refractivity contribution is 0.463. The van der Waals surface area contributed by atoms with E-state index in [1.165, 1.54) is 73.5 Å². The van der Waals surface area contributed by atoms with Gasteiger partial charge in [0.1, 0.15) is 0 Å². The van der Waals surface area contributed by atoms with Gasteiger partial charge in [0.15, 0.2) is 0 Å². The second-order valence-corrected chi connectivity index (χ2v) is 13.9. The van der Waals surface area contributed by atoms with Gasteiger partial charge in [0.05, 0.1) is 0 Å². The summed E-state index contributed by atoms with van der Waals surface area (Å²) in [4.78, 5) is 2.21. The second-order valence-electron chi connectivity index (χ2n) is 10.9. The van der Waals surface area contributed by atoms with Crippen LogP contribution in [0.5, 0.6) is 0 Å². The molecule has 163 valence electrons. The van der Waals surface area contributed by atoms with Gasteiger partial charge in [-0.25, -0.2) is 0 Å². The van der Waals surface area contributed by atoms with Crippen molar-refractivity contribution in [3.05, 3.63) is 47.5 Å². The van der Waals surface area contributed by atoms with Gasteiger partial charge in [-0.3, -0.25) is 0 Å². The zero-order chi connectivity index (χ0) is 21.1. The highest BCUT2D eigenvalue weighted by Crippen LogP contribution is 2.67. The van der Waals surface area contributed by atoms with Crippen LogP contribution in [-0.4, -0.2) is 25.4 Å². The molecule has 2 aromatic carbocycles. The third-order valence-corrected chi connectivity index (χ3v) is 12.9. The Morgan fingerprint density at radius 2 is 1.48 bits per heavy atom. The van der Waals surface area contributed by atoms with Gasteiger partial charge in [0.25, 0.3) is 0 Å². The van der Waals surface area contributed by atoms with Gasteiger partial charge in [0.2, 0.25) is 0 Å². The Morgan fingerprint density at radius 3 is 2.03 bits per heavy atom. The van der Waals surface area contributed by atoms with Crippen molar-refractivity contribution < 1.29 is 0 Å². The van der Waals surface area contributed by atoms with Crippen molar-refractivity contribution >= 4 is 30.5 Å². The van der Waals surface area contributed by atoms with Crippen LogP contribution in [0.25, 0.3) is 11.1 Å². The Kier molecular flexibility index (Phi) is 5.35. The lowest BCUT2D eigenvalue weighted by Gasteiger charge is -2.39. The highest BCUT2D eigenvalue weighted by Gasteiger charge is 2.51. The standard InChI is InChI=1S/C28H34ClNP/c1-30(2)25-6-4-3-5-23(25)20-11-12-24(29)28(17-20)31(26-15-18-7-9-21(26)13-18)27-16-19-8-10-22(27)14-19/h3-6,11-12,18-19,21-22,26-27H,7-10,13-16H2,1-2H3. The minimum Gasteiger partial charge on any atom is -0.377 e. The Bertz CT molecular complexity index is 943. The maximum Gasteiger partial charge on any atom is 0.0489 e. The van der Waals surface area contributed by atoms with E-state index < -0.39 is 0 Å². The van der Waals surface area contributed by atoms with E-state index >= 15 is 0 Å². The van der Waals surface area contributed by atoms with E-state index in [4.69, 9.17) is 11.6 Å². The topological polar surface area (TPSA) is 3.24 Å². The smallest absolute Gasteiger partial charge is 0.0489 e. The molecule has 6 atom stereocenters. The molecule has 0 aliphatic heterocycles. The van der Waals surface area contributed by atoms with Crippen molar-refractivity contribution in [1.82, 2.24) is 0 Å². The van der Waals surface area contributed by atoms with Crippen LogP contribution in [0.15, 0.2) is 36.4 Å². The molecule has 0 N–H and O–H groups in total. The van der Waals surface area contributed by atoms with Gasteiger partial charge in [-0.2, -0.15) is 0 Å². The summed E-state index contributed by atoms with van der Waals surface area (Å²) in [5.41, 5.74) is 5.55. The van der Waals surface area contributed by atoms with Crippen LogP contribution in [0.4, 0.5) is 5.69 Å². The molecule has 1 nitrogen and oxygen atoms in total. The summed E-state index contributed by atoms with van der Waals surface area (Å²) in [5.74, 6) is 3.90. The second kappa shape index (κ2) is 8.07. The average molecular weight is 451 g/mol. The Morgan fingerprint density at radius 1 is 0.839 bits per heavy atom. The van der Waals surface area contributed by atoms with Gasteiger partial charge < -0.3 is 4.90 Å². The number of benzene rings is 2. The maximum absolute atomic E-state index is 7.02. The molecule has 6 rings (SSSR count). The molecular formula is C28H34ClNP. The molecule has 4 aliphatic rings. The number of nitrogens with zero attached hydrogens (tertiary/aromatic N) is 1. The lowest BCUT2D eigenvalue weighted by atomic mass is 9.99. The molecule has 0 spiro atoms. The van der Waals surface area contributed by atoms with Crippen molar-refractivity contribution in [2.75, 3.05) is 19.0 Å². The largest absolute Gasteiger partial charge is 0.377 e. The third-order valence-electron chi connectivity index (χ3n) is 8.93. The number of halogens is 1. The number of anilines is 1. The molecule has 4 saturated carbocycles. The molecule has 1 radical (unpaired) electrons. The van der Waals surface area contributed by atoms with Gasteiger partial charge >= 0.3 is 0 Å². The van der Waals surface area contributed by atoms with Crippen molar-refractivity contribution in [3.63, 3.8) is 0 Å². The van der Waals surface area contributed by atoms with Crippen LogP contribution in [-0.2, 0) is 0 Å². The van der Waals surface area contributed by atoms with E-state index in [1.54, 1.807) is 0 Å². The molecule has 2 aromatic rings. The lowest BCUT2D eigenvalue weighted by Crippen LogP contribution is -2.30. The first-order chi connectivity index (χ1) is 15.1. The summed E-state index contributed by atoms with van der Waals surface area (Å²) >= 11 is 7.02. The SMILES string of the molecule is CN(C)c1ccccc1-c1[c]c(P(C2CC3CCC2C3)C2CC3CCC2C3)c(Cl)cc1. The molecule has 0 amide bonds. The average Bonchev–Trinajstić information content (AvgIpc) is 3.57. The van der Waals surface area contributed by atoms with Crippen molar-refractivity contribution in [1.29, 1.82) is 0 Å². The number of rotatable bonds is 5. The van der Waals surface area contributed by atoms with Crippen LogP contribution in [0.3, 0.4) is 0 Å². The number of hydrogen-bond acceptors (Lipinski definition) is 1. The van der Waals surface area contributed by atoms with Gasteiger partial charge in [-0.15, -0.1) is 0 Å². The van der Waals surface area contributed by atoms with E-state index in [0.29, 0.717) is 0 Å². The van der Waals surface area contributed by atoms with Crippen LogP contribution < -0.4 is 10.2 Å². The van der Waals surface area contributed by atoms with Gasteiger partial charge in [-0.05, 0) is 91.2 Å². The first-order valence-corrected chi connectivity index (χ1v) is 14.2. The molecule has 4 bridgehead atoms. The Labute approximate surface area is 194 Å². The van der Waals surface area contributed by atoms with Crippen molar-refractivity contribution in [2.24, 2.45) is 23.7 Å². The molecule has 0 aromatic heterocycles. The van der Waals surface area contributed by atoms with E-state index in [2.05, 4.69) is 61.5 Å². The summed E-state index contributed by atoms with van der Waals surface area (Å²) in [6.07, 6.45) is 11.8. The van der Waals surface area contributed by atoms with Crippen LogP contribution in [0.2, 0.25) is 5.02 Å². The zero-order valence-electron chi connectivity index (χ0n) is 18.9. The fourth-order valence-corrected chi connectivity index (χ4v) is 12.2. The highest BCUT2D eigenvalue weighted by molar-refractivity contribution is 7.67. The molecule has 0 heterocycles. The first kappa shape index (κ1) is 20.6. The van der Waals surface area contributed by atoms with Crippen molar-refractivity contribution in [2.45, 2.75) is 62.7 Å². The van der Waals surface area contributed by atoms with Crippen molar-refractivity contribution in [3.8, 4) is 11.1 Å². The maximum atomic E-state index is 7.02. The minimum absolute atomic E-state index is 0.241. The number of hydrogen-bond donors (Lipinski definition) is 0. The first-order valence-electron chi connectivity index (χ1n) is 12.4. The number of para-hydroxylation sites is 1. The summed E-state index contributed by atoms with van der Waals surface area (Å²) in [6, 6.07) is 17.1. The van der Waals surface area contributed by atoms with Crippen LogP contribution >= 0.6 is 19.5 Å². The normalized spacial score (nSPS) is 34.4. The van der Waals surface area contributed by atoms with E-state index in [1.807, 2.05) is 0 Å². The van der Waals surface area contributed by atoms with Gasteiger partial charge in [-0.1, -0.05) is 56.6 Å². The number of fused-ring (bicyclic) bond motifs is 4. The predicted octanol–water partition coefficient (Wildman–Crippen LogP) is 7.36. The molecule has 3 heteroatoms. The summed E-state index contributed by atoms with van der Waals surface area (Å²) in [6.45, 7) is 0. The van der Waals surface area contributed by atoms with E-state index in [-0.39, 0.29) is 7.92 Å². The molecule has 4 aliphatic carbocycles. The zero-order valence-corrected chi connectivity index (χ0v) is 20.5. The van der Waals surface area contributed by atoms with E-state index in [9.17, 15) is 0 Å². The molecule has 6 unspecified atom stereocenters. The summed E-state index contributed by atoms with van der Waals surface area (Å²) in [7, 11) is 4.02. The molecular weight excluding hydrogens is 417 g/mol. The monoisotopic (exact) mass is 450 g/mol. The van der Waals surface area contributed by atoms with Crippen LogP contribution in [0, 0.1) is 29.7 Å². The van der Waals surface area contributed by atoms with Crippen LogP contribution in [0.1, 0.15) is 51.4 Å². The quantitative estimate of drug-likeness (QED) is 0.430. The minimum atomic E-state index is -0.241. The molecule has 31 heavy (non-hydrogen) atoms. The Balaban J connectivity index is 1.43. The molecule has 0 saturated heterocycles. The Hall–Kier alpha value is -1.04. The predicted molar refractivity (Wildman–Crippen MR) is 135 cm³/mol. The fourth-order valence-electron chi connectivity index (χ4n) is 7.58. The fraction of sp³-hybridized carbons (Fsp3) is 0.571. The molecule has 4 fully saturated rings.